The van der Waals surface area contributed by atoms with Gasteiger partial charge in [-0.3, -0.25) is 10.1 Å². The first-order valence-electron chi connectivity index (χ1n) is 6.55. The molecule has 0 saturated heterocycles. The molecule has 0 bridgehead atoms. The second kappa shape index (κ2) is 6.39. The molecule has 0 aliphatic carbocycles. The van der Waals surface area contributed by atoms with Crippen molar-refractivity contribution in [1.29, 1.82) is 0 Å². The third-order valence-electron chi connectivity index (χ3n) is 3.09. The van der Waals surface area contributed by atoms with E-state index in [1.807, 2.05) is 0 Å². The Morgan fingerprint density at radius 1 is 1.43 bits per heavy atom. The Morgan fingerprint density at radius 2 is 2.26 bits per heavy atom. The zero-order valence-corrected chi connectivity index (χ0v) is 13.5. The summed E-state index contributed by atoms with van der Waals surface area (Å²) < 4.78 is 10.1. The van der Waals surface area contributed by atoms with Crippen molar-refractivity contribution in [2.75, 3.05) is 19.0 Å². The highest BCUT2D eigenvalue weighted by Crippen LogP contribution is 2.29. The molecule has 2 heterocycles. The van der Waals surface area contributed by atoms with Crippen molar-refractivity contribution in [1.82, 2.24) is 4.98 Å². The zero-order chi connectivity index (χ0) is 16.4. The number of rotatable bonds is 3. The maximum absolute atomic E-state index is 12.3. The van der Waals surface area contributed by atoms with Crippen molar-refractivity contribution < 1.29 is 19.1 Å². The Morgan fingerprint density at radius 3 is 3.04 bits per heavy atom. The van der Waals surface area contributed by atoms with Crippen molar-refractivity contribution in [2.24, 2.45) is 0 Å². The highest BCUT2D eigenvalue weighted by atomic mass is 35.5. The van der Waals surface area contributed by atoms with E-state index in [2.05, 4.69) is 15.0 Å². The number of thiazole rings is 1. The summed E-state index contributed by atoms with van der Waals surface area (Å²) in [5.74, 6) is -0.165. The van der Waals surface area contributed by atoms with Crippen LogP contribution in [0.5, 0.6) is 5.75 Å². The molecule has 8 heteroatoms. The van der Waals surface area contributed by atoms with E-state index in [0.717, 1.165) is 16.9 Å². The van der Waals surface area contributed by atoms with Crippen LogP contribution in [0.4, 0.5) is 5.13 Å². The van der Waals surface area contributed by atoms with Crippen LogP contribution in [0, 0.1) is 0 Å². The molecule has 6 nitrogen and oxygen atoms in total. The second-order valence-corrected chi connectivity index (χ2v) is 6.08. The van der Waals surface area contributed by atoms with Crippen molar-refractivity contribution in [3.8, 4) is 5.75 Å². The molecule has 0 saturated carbocycles. The minimum Gasteiger partial charge on any atom is -0.488 e. The normalized spacial score (nSPS) is 12.7. The van der Waals surface area contributed by atoms with Crippen LogP contribution in [0.1, 0.15) is 15.2 Å². The third kappa shape index (κ3) is 3.35. The van der Waals surface area contributed by atoms with Gasteiger partial charge in [0.25, 0.3) is 5.91 Å². The number of nitrogens with one attached hydrogen (secondary N) is 1. The largest absolute Gasteiger partial charge is 0.488 e. The first-order valence-corrected chi connectivity index (χ1v) is 7.74. The molecule has 118 valence electrons. The molecule has 1 N–H and O–H groups in total. The summed E-state index contributed by atoms with van der Waals surface area (Å²) in [6.07, 6.45) is 3.07. The molecule has 0 fully saturated rings. The summed E-state index contributed by atoms with van der Waals surface area (Å²) >= 11 is 6.98. The van der Waals surface area contributed by atoms with Crippen molar-refractivity contribution >= 4 is 46.0 Å². The van der Waals surface area contributed by atoms with Crippen LogP contribution in [0.25, 0.3) is 6.08 Å². The zero-order valence-electron chi connectivity index (χ0n) is 12.0. The number of halogens is 1. The quantitative estimate of drug-likeness (QED) is 0.861. The van der Waals surface area contributed by atoms with E-state index >= 15 is 0 Å². The summed E-state index contributed by atoms with van der Waals surface area (Å²) in [7, 11) is 1.28. The van der Waals surface area contributed by atoms with E-state index in [4.69, 9.17) is 16.3 Å². The number of ether oxygens (including phenoxy) is 2. The lowest BCUT2D eigenvalue weighted by atomic mass is 10.1. The van der Waals surface area contributed by atoms with Gasteiger partial charge in [-0.2, -0.15) is 0 Å². The number of carbonyl (C=O) groups is 2. The second-order valence-electron chi connectivity index (χ2n) is 4.62. The van der Waals surface area contributed by atoms with E-state index in [1.165, 1.54) is 13.3 Å². The summed E-state index contributed by atoms with van der Waals surface area (Å²) in [5, 5.41) is 3.51. The number of carbonyl (C=O) groups excluding carboxylic acids is 2. The van der Waals surface area contributed by atoms with Gasteiger partial charge >= 0.3 is 5.97 Å². The molecule has 0 unspecified atom stereocenters. The molecule has 1 aliphatic heterocycles. The predicted octanol–water partition coefficient (Wildman–Crippen LogP) is 3.00. The standard InChI is InChI=1S/C15H11ClN2O4S/c1-21-14(20)12-6-17-15(23-12)18-13(19)9-4-8-5-10(16)2-3-11(8)22-7-9/h2-6H,7H2,1H3,(H,17,18,19). The molecule has 2 aromatic rings. The Hall–Kier alpha value is -2.38. The molecule has 23 heavy (non-hydrogen) atoms. The van der Waals surface area contributed by atoms with E-state index < -0.39 is 5.97 Å². The fraction of sp³-hybridized carbons (Fsp3) is 0.133. The first-order chi connectivity index (χ1) is 11.1. The Balaban J connectivity index is 1.76. The fourth-order valence-electron chi connectivity index (χ4n) is 1.98. The van der Waals surface area contributed by atoms with Crippen LogP contribution in [0.15, 0.2) is 30.0 Å². The Kier molecular flexibility index (Phi) is 4.31. The number of hydrogen-bond acceptors (Lipinski definition) is 6. The lowest BCUT2D eigenvalue weighted by molar-refractivity contribution is -0.113. The van der Waals surface area contributed by atoms with Crippen LogP contribution in [-0.4, -0.2) is 30.6 Å². The Labute approximate surface area is 140 Å². The number of anilines is 1. The minimum absolute atomic E-state index is 0.149. The predicted molar refractivity (Wildman–Crippen MR) is 87.0 cm³/mol. The number of fused-ring (bicyclic) bond motifs is 1. The van der Waals surface area contributed by atoms with Gasteiger partial charge in [-0.1, -0.05) is 22.9 Å². The minimum atomic E-state index is -0.494. The Bertz CT molecular complexity index is 816. The molecular weight excluding hydrogens is 340 g/mol. The highest BCUT2D eigenvalue weighted by molar-refractivity contribution is 7.17. The molecule has 1 aliphatic rings. The topological polar surface area (TPSA) is 77.5 Å². The average molecular weight is 351 g/mol. The molecule has 1 amide bonds. The SMILES string of the molecule is COC(=O)c1cnc(NC(=O)C2=Cc3cc(Cl)ccc3OC2)s1. The van der Waals surface area contributed by atoms with E-state index in [9.17, 15) is 9.59 Å². The smallest absolute Gasteiger partial charge is 0.349 e. The monoisotopic (exact) mass is 350 g/mol. The van der Waals surface area contributed by atoms with E-state index in [1.54, 1.807) is 24.3 Å². The molecular formula is C15H11ClN2O4S. The van der Waals surface area contributed by atoms with Gasteiger partial charge in [-0.15, -0.1) is 0 Å². The number of esters is 1. The summed E-state index contributed by atoms with van der Waals surface area (Å²) in [6.45, 7) is 0.149. The van der Waals surface area contributed by atoms with Gasteiger partial charge in [0.05, 0.1) is 18.9 Å². The van der Waals surface area contributed by atoms with E-state index in [0.29, 0.717) is 26.4 Å². The lowest BCUT2D eigenvalue weighted by Gasteiger charge is -2.17. The molecule has 0 spiro atoms. The van der Waals surface area contributed by atoms with Gasteiger partial charge < -0.3 is 9.47 Å². The van der Waals surface area contributed by atoms with Crippen molar-refractivity contribution in [3.05, 3.63) is 45.4 Å². The average Bonchev–Trinajstić information content (AvgIpc) is 3.01. The van der Waals surface area contributed by atoms with E-state index in [-0.39, 0.29) is 12.5 Å². The number of methoxy groups -OCH3 is 1. The summed E-state index contributed by atoms with van der Waals surface area (Å²) in [5.41, 5.74) is 1.18. The van der Waals surface area contributed by atoms with Crippen molar-refractivity contribution in [3.63, 3.8) is 0 Å². The number of amides is 1. The summed E-state index contributed by atoms with van der Waals surface area (Å²) in [6, 6.07) is 5.21. The third-order valence-corrected chi connectivity index (χ3v) is 4.22. The van der Waals surface area contributed by atoms with Gasteiger partial charge in [0.15, 0.2) is 5.13 Å². The molecule has 3 rings (SSSR count). The number of hydrogen-bond donors (Lipinski definition) is 1. The van der Waals surface area contributed by atoms with Gasteiger partial charge in [-0.25, -0.2) is 9.78 Å². The van der Waals surface area contributed by atoms with Crippen LogP contribution in [0.3, 0.4) is 0 Å². The highest BCUT2D eigenvalue weighted by Gasteiger charge is 2.19. The molecule has 1 aromatic heterocycles. The van der Waals surface area contributed by atoms with Crippen molar-refractivity contribution in [2.45, 2.75) is 0 Å². The number of aromatic nitrogens is 1. The van der Waals surface area contributed by atoms with Crippen LogP contribution < -0.4 is 10.1 Å². The van der Waals surface area contributed by atoms with Gasteiger partial charge in [-0.05, 0) is 24.3 Å². The molecule has 0 radical (unpaired) electrons. The lowest BCUT2D eigenvalue weighted by Crippen LogP contribution is -2.21. The summed E-state index contributed by atoms with van der Waals surface area (Å²) in [4.78, 5) is 27.9. The van der Waals surface area contributed by atoms with Crippen LogP contribution in [-0.2, 0) is 9.53 Å². The molecule has 1 aromatic carbocycles. The number of benzene rings is 1. The van der Waals surface area contributed by atoms with Gasteiger partial charge in [0.2, 0.25) is 0 Å². The van der Waals surface area contributed by atoms with Crippen LogP contribution in [0.2, 0.25) is 5.02 Å². The fourth-order valence-corrected chi connectivity index (χ4v) is 2.89. The van der Waals surface area contributed by atoms with Gasteiger partial charge in [0, 0.05) is 10.6 Å². The maximum Gasteiger partial charge on any atom is 0.349 e. The van der Waals surface area contributed by atoms with Crippen LogP contribution >= 0.6 is 22.9 Å². The maximum atomic E-state index is 12.3. The molecule has 0 atom stereocenters. The van der Waals surface area contributed by atoms with Gasteiger partial charge in [0.1, 0.15) is 17.2 Å². The first kappa shape index (κ1) is 15.5. The number of nitrogens with zero attached hydrogens (tertiary/aromatic N) is 1.